The number of hydrogen-bond donors (Lipinski definition) is 0. The van der Waals surface area contributed by atoms with Gasteiger partial charge in [-0.1, -0.05) is 119 Å². The highest BCUT2D eigenvalue weighted by molar-refractivity contribution is 7.00. The van der Waals surface area contributed by atoms with E-state index < -0.39 is 0 Å². The summed E-state index contributed by atoms with van der Waals surface area (Å²) in [5.74, 6) is 0. The molecule has 0 atom stereocenters. The highest BCUT2D eigenvalue weighted by atomic mass is 15.2. The Kier molecular flexibility index (Phi) is 8.50. The maximum Gasteiger partial charge on any atom is 0.252 e. The Morgan fingerprint density at radius 1 is 0.377 bits per heavy atom. The van der Waals surface area contributed by atoms with Gasteiger partial charge in [-0.05, 0) is 202 Å². The molecule has 0 N–H and O–H groups in total. The zero-order chi connectivity index (χ0) is 43.7. The summed E-state index contributed by atoms with van der Waals surface area (Å²) >= 11 is 0. The molecule has 61 heavy (non-hydrogen) atoms. The van der Waals surface area contributed by atoms with E-state index in [9.17, 15) is 0 Å². The average Bonchev–Trinajstić information content (AvgIpc) is 3.16. The van der Waals surface area contributed by atoms with Crippen molar-refractivity contribution in [1.29, 1.82) is 0 Å². The number of nitrogens with zero attached hydrogens (tertiary/aromatic N) is 2. The molecule has 5 aromatic rings. The van der Waals surface area contributed by atoms with Crippen LogP contribution in [-0.2, 0) is 32.5 Å². The fourth-order valence-electron chi connectivity index (χ4n) is 13.0. The number of anilines is 6. The van der Waals surface area contributed by atoms with Gasteiger partial charge in [0.15, 0.2) is 0 Å². The maximum atomic E-state index is 2.72. The molecule has 5 aliphatic rings. The Morgan fingerprint density at radius 3 is 1.20 bits per heavy atom. The molecule has 2 aliphatic heterocycles. The second-order valence-corrected chi connectivity index (χ2v) is 24.5. The quantitative estimate of drug-likeness (QED) is 0.161. The van der Waals surface area contributed by atoms with Crippen LogP contribution in [0.2, 0.25) is 0 Å². The summed E-state index contributed by atoms with van der Waals surface area (Å²) in [6.07, 6.45) is 7.20. The number of hydrogen-bond acceptors (Lipinski definition) is 2. The monoisotopic (exact) mass is 807 g/mol. The molecule has 2 heterocycles. The summed E-state index contributed by atoms with van der Waals surface area (Å²) in [5.41, 5.74) is 27.5. The van der Waals surface area contributed by atoms with Crippen molar-refractivity contribution in [3.8, 4) is 0 Å². The topological polar surface area (TPSA) is 6.48 Å². The number of rotatable bonds is 2. The van der Waals surface area contributed by atoms with Gasteiger partial charge >= 0.3 is 0 Å². The molecule has 3 aliphatic carbocycles. The summed E-state index contributed by atoms with van der Waals surface area (Å²) in [6.45, 7) is 39.2. The second kappa shape index (κ2) is 12.7. The van der Waals surface area contributed by atoms with E-state index in [1.54, 1.807) is 11.1 Å². The minimum Gasteiger partial charge on any atom is -0.311 e. The molecule has 3 heteroatoms. The Hall–Kier alpha value is -4.24. The van der Waals surface area contributed by atoms with Crippen LogP contribution in [0.25, 0.3) is 0 Å². The largest absolute Gasteiger partial charge is 0.311 e. The molecule has 0 saturated carbocycles. The predicted molar refractivity (Wildman–Crippen MR) is 265 cm³/mol. The molecular formula is C58H71BN2. The summed E-state index contributed by atoms with van der Waals surface area (Å²) in [7, 11) is 0. The third kappa shape index (κ3) is 5.87. The third-order valence-corrected chi connectivity index (χ3v) is 17.1. The summed E-state index contributed by atoms with van der Waals surface area (Å²) in [4.78, 5) is 5.43. The zero-order valence-electron chi connectivity index (χ0n) is 40.6. The van der Waals surface area contributed by atoms with Crippen LogP contribution in [0, 0.1) is 27.7 Å². The van der Waals surface area contributed by atoms with E-state index in [0.717, 1.165) is 0 Å². The van der Waals surface area contributed by atoms with Gasteiger partial charge in [0.05, 0.1) is 5.69 Å². The summed E-state index contributed by atoms with van der Waals surface area (Å²) < 4.78 is 0. The fourth-order valence-corrected chi connectivity index (χ4v) is 13.0. The molecule has 0 fully saturated rings. The maximum absolute atomic E-state index is 2.72. The first-order chi connectivity index (χ1) is 28.3. The van der Waals surface area contributed by atoms with E-state index in [-0.39, 0.29) is 39.2 Å². The summed E-state index contributed by atoms with van der Waals surface area (Å²) in [6, 6.07) is 28.2. The van der Waals surface area contributed by atoms with E-state index in [0.29, 0.717) is 0 Å². The standard InChI is InChI=1S/C58H71BN2/c1-34-25-36(3)52(37(4)26-34)61-48-33-44-42(56(11,12)22-24-58(44,15)16)31-46(48)59-45-30-41-43(57(13,14)23-21-55(41,9)10)32-47(45)60(49-27-35(2)28-50(61)51(49)59)38-17-18-39-40(29-38)54(7,8)20-19-53(39,5)6/h17-18,25-33H,19-24H2,1-16H3. The van der Waals surface area contributed by atoms with Crippen molar-refractivity contribution >= 4 is 57.2 Å². The average molecular weight is 807 g/mol. The molecule has 2 nitrogen and oxygen atoms in total. The molecule has 316 valence electrons. The Bertz CT molecular complexity index is 2690. The highest BCUT2D eigenvalue weighted by Crippen LogP contribution is 2.54. The molecule has 5 aromatic carbocycles. The third-order valence-electron chi connectivity index (χ3n) is 17.1. The van der Waals surface area contributed by atoms with Crippen LogP contribution in [0.3, 0.4) is 0 Å². The van der Waals surface area contributed by atoms with E-state index in [2.05, 4.69) is 187 Å². The number of benzene rings is 5. The van der Waals surface area contributed by atoms with Crippen LogP contribution in [-0.4, -0.2) is 6.71 Å². The SMILES string of the molecule is Cc1cc(C)c(N2c3cc4c(cc3B3c5cc6c(cc5N(c5ccc7c(c5)C(C)(C)CCC7(C)C)c5cc(C)cc2c53)C(C)(C)CCC6(C)C)C(C)(C)CCC4(C)C)c(C)c1. The van der Waals surface area contributed by atoms with Crippen LogP contribution in [0.5, 0.6) is 0 Å². The predicted octanol–water partition coefficient (Wildman–Crippen LogP) is 14.0. The van der Waals surface area contributed by atoms with Crippen molar-refractivity contribution in [3.63, 3.8) is 0 Å². The lowest BCUT2D eigenvalue weighted by Gasteiger charge is -2.49. The smallest absolute Gasteiger partial charge is 0.252 e. The van der Waals surface area contributed by atoms with Crippen molar-refractivity contribution in [1.82, 2.24) is 0 Å². The Morgan fingerprint density at radius 2 is 0.738 bits per heavy atom. The Balaban J connectivity index is 1.36. The second-order valence-electron chi connectivity index (χ2n) is 24.5. The van der Waals surface area contributed by atoms with E-state index in [1.165, 1.54) is 134 Å². The molecule has 0 radical (unpaired) electrons. The minimum atomic E-state index is 0.0852. The molecular weight excluding hydrogens is 735 g/mol. The lowest BCUT2D eigenvalue weighted by atomic mass is 9.32. The molecule has 0 bridgehead atoms. The molecule has 0 amide bonds. The first-order valence-electron chi connectivity index (χ1n) is 23.7. The molecule has 0 spiro atoms. The van der Waals surface area contributed by atoms with Crippen molar-refractivity contribution < 1.29 is 0 Å². The first-order valence-corrected chi connectivity index (χ1v) is 23.7. The molecule has 0 unspecified atom stereocenters. The summed E-state index contributed by atoms with van der Waals surface area (Å²) in [5, 5.41) is 0. The van der Waals surface area contributed by atoms with Crippen LogP contribution in [0.15, 0.2) is 66.7 Å². The van der Waals surface area contributed by atoms with Gasteiger partial charge < -0.3 is 9.80 Å². The molecule has 0 saturated heterocycles. The van der Waals surface area contributed by atoms with Gasteiger partial charge in [-0.2, -0.15) is 0 Å². The van der Waals surface area contributed by atoms with Gasteiger partial charge in [-0.3, -0.25) is 0 Å². The minimum absolute atomic E-state index is 0.0852. The molecule has 0 aromatic heterocycles. The van der Waals surface area contributed by atoms with E-state index in [1.807, 2.05) is 0 Å². The van der Waals surface area contributed by atoms with E-state index >= 15 is 0 Å². The Labute approximate surface area is 369 Å². The van der Waals surface area contributed by atoms with Crippen LogP contribution < -0.4 is 26.2 Å². The van der Waals surface area contributed by atoms with Gasteiger partial charge in [-0.25, -0.2) is 0 Å². The fraction of sp³-hybridized carbons (Fsp3) is 0.483. The van der Waals surface area contributed by atoms with Crippen molar-refractivity contribution in [2.45, 2.75) is 182 Å². The van der Waals surface area contributed by atoms with Crippen LogP contribution in [0.1, 0.15) is 177 Å². The number of aryl methyl sites for hydroxylation is 4. The van der Waals surface area contributed by atoms with Crippen molar-refractivity contribution in [3.05, 3.63) is 122 Å². The van der Waals surface area contributed by atoms with Crippen molar-refractivity contribution in [2.24, 2.45) is 0 Å². The van der Waals surface area contributed by atoms with E-state index in [4.69, 9.17) is 0 Å². The van der Waals surface area contributed by atoms with Gasteiger partial charge in [0.25, 0.3) is 6.71 Å². The van der Waals surface area contributed by atoms with Gasteiger partial charge in [0.2, 0.25) is 0 Å². The van der Waals surface area contributed by atoms with Gasteiger partial charge in [0, 0.05) is 28.4 Å². The lowest BCUT2D eigenvalue weighted by molar-refractivity contribution is 0.332. The number of fused-ring (bicyclic) bond motifs is 7. The van der Waals surface area contributed by atoms with Crippen LogP contribution >= 0.6 is 0 Å². The van der Waals surface area contributed by atoms with Gasteiger partial charge in [0.1, 0.15) is 0 Å². The van der Waals surface area contributed by atoms with Gasteiger partial charge in [-0.15, -0.1) is 0 Å². The lowest BCUT2D eigenvalue weighted by Crippen LogP contribution is -2.62. The molecule has 10 rings (SSSR count). The first kappa shape index (κ1) is 40.8. The van der Waals surface area contributed by atoms with Crippen LogP contribution in [0.4, 0.5) is 34.1 Å². The van der Waals surface area contributed by atoms with Crippen molar-refractivity contribution in [2.75, 3.05) is 9.80 Å². The normalized spacial score (nSPS) is 21.4. The zero-order valence-corrected chi connectivity index (χ0v) is 40.6. The highest BCUT2D eigenvalue weighted by Gasteiger charge is 2.49.